The Balaban J connectivity index is 2.08. The SMILES string of the molecule is CCOC(=O)c1sc2c(ccc(=O)n2-c2ccccc2)c1-c1cccnc1. The van der Waals surface area contributed by atoms with E-state index in [2.05, 4.69) is 4.98 Å². The first-order chi connectivity index (χ1) is 13.2. The summed E-state index contributed by atoms with van der Waals surface area (Å²) < 4.78 is 6.89. The Morgan fingerprint density at radius 2 is 1.93 bits per heavy atom. The molecule has 134 valence electrons. The van der Waals surface area contributed by atoms with E-state index in [0.717, 1.165) is 22.2 Å². The summed E-state index contributed by atoms with van der Waals surface area (Å²) in [5, 5.41) is 0.819. The van der Waals surface area contributed by atoms with E-state index in [9.17, 15) is 9.59 Å². The van der Waals surface area contributed by atoms with Crippen LogP contribution in [0.5, 0.6) is 0 Å². The van der Waals surface area contributed by atoms with Gasteiger partial charge in [-0.25, -0.2) is 4.79 Å². The first-order valence-corrected chi connectivity index (χ1v) is 9.34. The van der Waals surface area contributed by atoms with Crippen LogP contribution in [0.3, 0.4) is 0 Å². The molecule has 1 aromatic carbocycles. The molecule has 0 bridgehead atoms. The van der Waals surface area contributed by atoms with Crippen molar-refractivity contribution in [1.82, 2.24) is 9.55 Å². The van der Waals surface area contributed by atoms with E-state index in [0.29, 0.717) is 9.71 Å². The molecular weight excluding hydrogens is 360 g/mol. The van der Waals surface area contributed by atoms with Crippen LogP contribution in [-0.4, -0.2) is 22.1 Å². The predicted molar refractivity (Wildman–Crippen MR) is 107 cm³/mol. The molecule has 0 unspecified atom stereocenters. The summed E-state index contributed by atoms with van der Waals surface area (Å²) in [7, 11) is 0. The molecule has 0 spiro atoms. The van der Waals surface area contributed by atoms with Crippen molar-refractivity contribution in [2.75, 3.05) is 6.61 Å². The highest BCUT2D eigenvalue weighted by Crippen LogP contribution is 2.39. The number of hydrogen-bond acceptors (Lipinski definition) is 5. The summed E-state index contributed by atoms with van der Waals surface area (Å²) in [5.74, 6) is -0.399. The van der Waals surface area contributed by atoms with Gasteiger partial charge in [-0.2, -0.15) is 0 Å². The third-order valence-electron chi connectivity index (χ3n) is 4.17. The van der Waals surface area contributed by atoms with Gasteiger partial charge in [0.25, 0.3) is 5.56 Å². The maximum absolute atomic E-state index is 12.6. The zero-order chi connectivity index (χ0) is 18.8. The Bertz CT molecular complexity index is 1160. The van der Waals surface area contributed by atoms with Gasteiger partial charge in [0, 0.05) is 35.0 Å². The molecule has 3 aromatic heterocycles. The topological polar surface area (TPSA) is 61.2 Å². The van der Waals surface area contributed by atoms with Crippen molar-refractivity contribution in [3.8, 4) is 16.8 Å². The monoisotopic (exact) mass is 376 g/mol. The molecule has 0 radical (unpaired) electrons. The van der Waals surface area contributed by atoms with Gasteiger partial charge in [-0.15, -0.1) is 11.3 Å². The Morgan fingerprint density at radius 1 is 1.11 bits per heavy atom. The maximum Gasteiger partial charge on any atom is 0.349 e. The zero-order valence-electron chi connectivity index (χ0n) is 14.6. The Morgan fingerprint density at radius 3 is 2.63 bits per heavy atom. The van der Waals surface area contributed by atoms with Crippen LogP contribution in [0.15, 0.2) is 71.8 Å². The van der Waals surface area contributed by atoms with Crippen LogP contribution in [0.2, 0.25) is 0 Å². The molecule has 0 atom stereocenters. The van der Waals surface area contributed by atoms with Gasteiger partial charge in [0.1, 0.15) is 9.71 Å². The maximum atomic E-state index is 12.6. The van der Waals surface area contributed by atoms with Gasteiger partial charge < -0.3 is 4.74 Å². The minimum atomic E-state index is -0.399. The molecule has 6 heteroatoms. The Kier molecular flexibility index (Phi) is 4.56. The lowest BCUT2D eigenvalue weighted by Crippen LogP contribution is -2.16. The fourth-order valence-corrected chi connectivity index (χ4v) is 4.27. The average Bonchev–Trinajstić information content (AvgIpc) is 3.09. The molecular formula is C21H16N2O3S. The number of rotatable bonds is 4. The molecule has 3 heterocycles. The molecule has 0 aliphatic rings. The first-order valence-electron chi connectivity index (χ1n) is 8.52. The Hall–Kier alpha value is -3.25. The van der Waals surface area contributed by atoms with E-state index in [1.165, 1.54) is 17.4 Å². The number of ether oxygens (including phenoxy) is 1. The van der Waals surface area contributed by atoms with Gasteiger partial charge in [-0.05, 0) is 31.2 Å². The van der Waals surface area contributed by atoms with Crippen LogP contribution < -0.4 is 5.56 Å². The molecule has 0 aliphatic heterocycles. The van der Waals surface area contributed by atoms with Gasteiger partial charge >= 0.3 is 5.97 Å². The first kappa shape index (κ1) is 17.2. The van der Waals surface area contributed by atoms with Crippen molar-refractivity contribution in [2.24, 2.45) is 0 Å². The predicted octanol–water partition coefficient (Wildman–Crippen LogP) is 4.29. The number of para-hydroxylation sites is 1. The van der Waals surface area contributed by atoms with E-state index >= 15 is 0 Å². The summed E-state index contributed by atoms with van der Waals surface area (Å²) in [6, 6.07) is 16.4. The highest BCUT2D eigenvalue weighted by Gasteiger charge is 2.23. The van der Waals surface area contributed by atoms with Crippen molar-refractivity contribution in [3.05, 3.63) is 82.2 Å². The number of aromatic nitrogens is 2. The molecule has 0 amide bonds. The van der Waals surface area contributed by atoms with Crippen LogP contribution >= 0.6 is 11.3 Å². The van der Waals surface area contributed by atoms with Crippen molar-refractivity contribution in [1.29, 1.82) is 0 Å². The van der Waals surface area contributed by atoms with Gasteiger partial charge in [-0.3, -0.25) is 14.3 Å². The second-order valence-corrected chi connectivity index (χ2v) is 6.83. The summed E-state index contributed by atoms with van der Waals surface area (Å²) in [5.41, 5.74) is 2.15. The smallest absolute Gasteiger partial charge is 0.349 e. The lowest BCUT2D eigenvalue weighted by Gasteiger charge is -2.07. The summed E-state index contributed by atoms with van der Waals surface area (Å²) in [4.78, 5) is 30.6. The lowest BCUT2D eigenvalue weighted by atomic mass is 10.0. The summed E-state index contributed by atoms with van der Waals surface area (Å²) in [6.07, 6.45) is 3.39. The quantitative estimate of drug-likeness (QED) is 0.499. The fourth-order valence-electron chi connectivity index (χ4n) is 3.04. The molecule has 4 aromatic rings. The number of hydrogen-bond donors (Lipinski definition) is 0. The van der Waals surface area contributed by atoms with E-state index in [4.69, 9.17) is 4.74 Å². The van der Waals surface area contributed by atoms with E-state index in [1.54, 1.807) is 30.0 Å². The standard InChI is InChI=1S/C21H16N2O3S/c1-2-26-21(25)19-18(14-7-6-12-22-13-14)16-10-11-17(24)23(20(16)27-19)15-8-4-3-5-9-15/h3-13H,2H2,1H3. The average molecular weight is 376 g/mol. The normalized spacial score (nSPS) is 10.9. The van der Waals surface area contributed by atoms with Crippen molar-refractivity contribution >= 4 is 27.5 Å². The van der Waals surface area contributed by atoms with Crippen LogP contribution in [0, 0.1) is 0 Å². The number of pyridine rings is 2. The summed E-state index contributed by atoms with van der Waals surface area (Å²) >= 11 is 1.26. The van der Waals surface area contributed by atoms with E-state index < -0.39 is 5.97 Å². The molecule has 27 heavy (non-hydrogen) atoms. The molecule has 5 nitrogen and oxygen atoms in total. The van der Waals surface area contributed by atoms with Gasteiger partial charge in [0.05, 0.1) is 12.3 Å². The van der Waals surface area contributed by atoms with Crippen LogP contribution in [-0.2, 0) is 4.74 Å². The van der Waals surface area contributed by atoms with E-state index in [-0.39, 0.29) is 12.2 Å². The second-order valence-electron chi connectivity index (χ2n) is 5.83. The Labute approximate surface area is 159 Å². The van der Waals surface area contributed by atoms with Crippen molar-refractivity contribution < 1.29 is 9.53 Å². The summed E-state index contributed by atoms with van der Waals surface area (Å²) in [6.45, 7) is 2.06. The number of thiophene rings is 1. The van der Waals surface area contributed by atoms with Crippen molar-refractivity contribution in [2.45, 2.75) is 6.92 Å². The molecule has 4 rings (SSSR count). The lowest BCUT2D eigenvalue weighted by molar-refractivity contribution is 0.0533. The number of fused-ring (bicyclic) bond motifs is 1. The number of carbonyl (C=O) groups is 1. The van der Waals surface area contributed by atoms with Crippen LogP contribution in [0.25, 0.3) is 27.0 Å². The number of carbonyl (C=O) groups excluding carboxylic acids is 1. The van der Waals surface area contributed by atoms with Crippen LogP contribution in [0.4, 0.5) is 0 Å². The number of benzene rings is 1. The highest BCUT2D eigenvalue weighted by atomic mass is 32.1. The molecule has 0 N–H and O–H groups in total. The van der Waals surface area contributed by atoms with Gasteiger partial charge in [0.2, 0.25) is 0 Å². The van der Waals surface area contributed by atoms with E-state index in [1.807, 2.05) is 42.5 Å². The van der Waals surface area contributed by atoms with Gasteiger partial charge in [0.15, 0.2) is 0 Å². The zero-order valence-corrected chi connectivity index (χ0v) is 15.4. The van der Waals surface area contributed by atoms with Gasteiger partial charge in [-0.1, -0.05) is 24.3 Å². The largest absolute Gasteiger partial charge is 0.462 e. The molecule has 0 aliphatic carbocycles. The molecule has 0 saturated carbocycles. The minimum Gasteiger partial charge on any atom is -0.462 e. The third kappa shape index (κ3) is 3.04. The third-order valence-corrected chi connectivity index (χ3v) is 5.34. The highest BCUT2D eigenvalue weighted by molar-refractivity contribution is 7.21. The number of nitrogens with zero attached hydrogens (tertiary/aromatic N) is 2. The van der Waals surface area contributed by atoms with Crippen LogP contribution in [0.1, 0.15) is 16.6 Å². The second kappa shape index (κ2) is 7.17. The minimum absolute atomic E-state index is 0.150. The molecule has 0 fully saturated rings. The fraction of sp³-hybridized carbons (Fsp3) is 0.0952. The van der Waals surface area contributed by atoms with Crippen molar-refractivity contribution in [3.63, 3.8) is 0 Å². The molecule has 0 saturated heterocycles. The number of esters is 1.